The number of anilines is 6. The summed E-state index contributed by atoms with van der Waals surface area (Å²) in [4.78, 5) is 6.67. The molecule has 0 bridgehead atoms. The predicted octanol–water partition coefficient (Wildman–Crippen LogP) is 9.77. The Kier molecular flexibility index (Phi) is 5.68. The molecule has 4 aliphatic heterocycles. The molecular formula is C45H41BN2S. The molecule has 0 unspecified atom stereocenters. The lowest BCUT2D eigenvalue weighted by Gasteiger charge is -2.52. The van der Waals surface area contributed by atoms with Crippen molar-refractivity contribution in [2.75, 3.05) is 28.6 Å². The molecule has 0 amide bonds. The van der Waals surface area contributed by atoms with Gasteiger partial charge in [-0.05, 0) is 110 Å². The Morgan fingerprint density at radius 3 is 1.39 bits per heavy atom. The molecule has 0 aromatic heterocycles. The summed E-state index contributed by atoms with van der Waals surface area (Å²) >= 11 is 0. The highest BCUT2D eigenvalue weighted by molar-refractivity contribution is 8.32. The van der Waals surface area contributed by atoms with E-state index in [1.54, 1.807) is 0 Å². The third kappa shape index (κ3) is 3.71. The van der Waals surface area contributed by atoms with Gasteiger partial charge in [0.1, 0.15) is 0 Å². The van der Waals surface area contributed by atoms with Crippen LogP contribution < -0.4 is 26.2 Å². The Balaban J connectivity index is 1.35. The van der Waals surface area contributed by atoms with Crippen molar-refractivity contribution in [3.63, 3.8) is 0 Å². The van der Waals surface area contributed by atoms with Gasteiger partial charge in [-0.3, -0.25) is 0 Å². The second-order valence-electron chi connectivity index (χ2n) is 16.2. The first kappa shape index (κ1) is 29.3. The van der Waals surface area contributed by atoms with Crippen LogP contribution in [0.5, 0.6) is 0 Å². The van der Waals surface area contributed by atoms with Crippen LogP contribution in [0.4, 0.5) is 34.1 Å². The van der Waals surface area contributed by atoms with E-state index in [2.05, 4.69) is 178 Å². The van der Waals surface area contributed by atoms with Crippen LogP contribution in [0.2, 0.25) is 0 Å². The van der Waals surface area contributed by atoms with Crippen molar-refractivity contribution in [2.45, 2.75) is 43.4 Å². The molecule has 0 N–H and O–H groups in total. The molecule has 0 atom stereocenters. The zero-order chi connectivity index (χ0) is 33.6. The van der Waals surface area contributed by atoms with Gasteiger partial charge >= 0.3 is 0 Å². The Morgan fingerprint density at radius 1 is 0.469 bits per heavy atom. The molecule has 0 fully saturated rings. The number of para-hydroxylation sites is 4. The maximum atomic E-state index is 2.62. The van der Waals surface area contributed by atoms with Gasteiger partial charge in [-0.25, -0.2) is 10.0 Å². The largest absolute Gasteiger partial charge is 0.311 e. The van der Waals surface area contributed by atoms with Crippen LogP contribution >= 0.6 is 10.0 Å². The molecule has 4 heterocycles. The van der Waals surface area contributed by atoms with E-state index in [1.165, 1.54) is 88.8 Å². The number of hydrogen-bond donors (Lipinski definition) is 0. The summed E-state index contributed by atoms with van der Waals surface area (Å²) in [6, 6.07) is 46.8. The van der Waals surface area contributed by atoms with Crippen molar-refractivity contribution in [1.82, 2.24) is 0 Å². The van der Waals surface area contributed by atoms with Crippen LogP contribution in [-0.4, -0.2) is 25.5 Å². The minimum atomic E-state index is -0.819. The van der Waals surface area contributed by atoms with Crippen molar-refractivity contribution < 1.29 is 0 Å². The second-order valence-corrected chi connectivity index (χ2v) is 20.3. The first-order valence-corrected chi connectivity index (χ1v) is 20.4. The van der Waals surface area contributed by atoms with Gasteiger partial charge in [0, 0.05) is 33.6 Å². The molecule has 0 saturated carbocycles. The maximum absolute atomic E-state index is 2.62. The van der Waals surface area contributed by atoms with Crippen molar-refractivity contribution in [1.29, 1.82) is 0 Å². The fourth-order valence-electron chi connectivity index (χ4n) is 9.51. The van der Waals surface area contributed by atoms with E-state index in [0.29, 0.717) is 0 Å². The van der Waals surface area contributed by atoms with Gasteiger partial charge < -0.3 is 9.80 Å². The third-order valence-corrected chi connectivity index (χ3v) is 13.7. The van der Waals surface area contributed by atoms with Crippen molar-refractivity contribution in [3.05, 3.63) is 144 Å². The van der Waals surface area contributed by atoms with Gasteiger partial charge in [0.25, 0.3) is 6.71 Å². The highest BCUT2D eigenvalue weighted by Crippen LogP contribution is 2.57. The first-order valence-electron chi connectivity index (χ1n) is 17.5. The van der Waals surface area contributed by atoms with E-state index in [-0.39, 0.29) is 17.5 Å². The number of hydrogen-bond acceptors (Lipinski definition) is 2. The van der Waals surface area contributed by atoms with Crippen molar-refractivity contribution >= 4 is 67.3 Å². The third-order valence-electron chi connectivity index (χ3n) is 12.0. The summed E-state index contributed by atoms with van der Waals surface area (Å²) in [5.41, 5.74) is 19.9. The SMILES string of the molecule is CC1(C)c2ccccc2N2c3cc(-c4ccc(S(C)(C)C)cc4)cc4c3B(c3cccc1c32)c1cccc2c1N4c1ccccc1C2(C)C. The number of benzene rings is 6. The lowest BCUT2D eigenvalue weighted by molar-refractivity contribution is 0.632. The average molecular weight is 653 g/mol. The minimum Gasteiger partial charge on any atom is -0.311 e. The Bertz CT molecular complexity index is 2260. The van der Waals surface area contributed by atoms with Gasteiger partial charge in [0.05, 0.1) is 11.4 Å². The fraction of sp³-hybridized carbons (Fsp3) is 0.200. The first-order chi connectivity index (χ1) is 23.5. The van der Waals surface area contributed by atoms with Gasteiger partial charge in [-0.2, -0.15) is 0 Å². The van der Waals surface area contributed by atoms with Gasteiger partial charge in [-0.15, -0.1) is 0 Å². The molecule has 0 radical (unpaired) electrons. The van der Waals surface area contributed by atoms with E-state index in [1.807, 2.05) is 0 Å². The normalized spacial score (nSPS) is 17.0. The smallest absolute Gasteiger partial charge is 0.252 e. The van der Waals surface area contributed by atoms with Crippen LogP contribution in [0.25, 0.3) is 11.1 Å². The predicted molar refractivity (Wildman–Crippen MR) is 214 cm³/mol. The van der Waals surface area contributed by atoms with Crippen LogP contribution in [-0.2, 0) is 10.8 Å². The molecule has 6 aromatic carbocycles. The molecule has 4 heteroatoms. The molecular weight excluding hydrogens is 611 g/mol. The highest BCUT2D eigenvalue weighted by atomic mass is 32.3. The molecule has 0 spiro atoms. The number of fused-ring (bicyclic) bond motifs is 8. The zero-order valence-corrected chi connectivity index (χ0v) is 30.2. The lowest BCUT2D eigenvalue weighted by atomic mass is 9.32. The lowest BCUT2D eigenvalue weighted by Crippen LogP contribution is -2.63. The van der Waals surface area contributed by atoms with Gasteiger partial charge in [-0.1, -0.05) is 113 Å². The summed E-state index contributed by atoms with van der Waals surface area (Å²) in [6.07, 6.45) is 7.12. The quantitative estimate of drug-likeness (QED) is 0.172. The molecule has 0 saturated heterocycles. The summed E-state index contributed by atoms with van der Waals surface area (Å²) < 4.78 is 0. The van der Waals surface area contributed by atoms with E-state index in [0.717, 1.165) is 0 Å². The molecule has 2 nitrogen and oxygen atoms in total. The Morgan fingerprint density at radius 2 is 0.918 bits per heavy atom. The summed E-state index contributed by atoms with van der Waals surface area (Å²) in [7, 11) is -0.819. The second kappa shape index (κ2) is 9.52. The van der Waals surface area contributed by atoms with E-state index in [4.69, 9.17) is 0 Å². The molecule has 49 heavy (non-hydrogen) atoms. The molecule has 6 aromatic rings. The summed E-state index contributed by atoms with van der Waals surface area (Å²) in [5, 5.41) is 0. The summed E-state index contributed by atoms with van der Waals surface area (Å²) in [6.45, 7) is 9.75. The highest BCUT2D eigenvalue weighted by Gasteiger charge is 2.50. The standard InChI is InChI=1S/C45H41BN2S/c1-44(2)31-14-8-10-20-37(31)47-39-26-29(28-22-24-30(25-23-28)49(5,6)7)27-40-41(39)46(35-18-12-16-33(44)42(35)47)36-19-13-17-34-43(36)48(40)38-21-11-9-15-32(38)45(34,3)4/h8-27H,1-7H3. The van der Waals surface area contributed by atoms with E-state index < -0.39 is 10.0 Å². The van der Waals surface area contributed by atoms with Gasteiger partial charge in [0.2, 0.25) is 0 Å². The Hall–Kier alpha value is -4.67. The molecule has 240 valence electrons. The zero-order valence-electron chi connectivity index (χ0n) is 29.4. The monoisotopic (exact) mass is 652 g/mol. The van der Waals surface area contributed by atoms with E-state index in [9.17, 15) is 0 Å². The fourth-order valence-corrected chi connectivity index (χ4v) is 10.5. The van der Waals surface area contributed by atoms with Crippen LogP contribution in [0.15, 0.2) is 126 Å². The number of rotatable bonds is 2. The van der Waals surface area contributed by atoms with Crippen LogP contribution in [0, 0.1) is 0 Å². The minimum absolute atomic E-state index is 0.126. The van der Waals surface area contributed by atoms with Crippen molar-refractivity contribution in [2.24, 2.45) is 0 Å². The maximum Gasteiger partial charge on any atom is 0.252 e. The Labute approximate surface area is 292 Å². The van der Waals surface area contributed by atoms with Gasteiger partial charge in [0.15, 0.2) is 0 Å². The summed E-state index contributed by atoms with van der Waals surface area (Å²) in [5.74, 6) is 0. The molecule has 10 rings (SSSR count). The van der Waals surface area contributed by atoms with E-state index >= 15 is 0 Å². The molecule has 4 aliphatic rings. The topological polar surface area (TPSA) is 6.48 Å². The number of nitrogens with zero attached hydrogens (tertiary/aromatic N) is 2. The van der Waals surface area contributed by atoms with Crippen molar-refractivity contribution in [3.8, 4) is 11.1 Å². The average Bonchev–Trinajstić information content (AvgIpc) is 3.10. The molecule has 0 aliphatic carbocycles. The van der Waals surface area contributed by atoms with Crippen LogP contribution in [0.3, 0.4) is 0 Å². The van der Waals surface area contributed by atoms with Crippen LogP contribution in [0.1, 0.15) is 49.9 Å².